The average Bonchev–Trinajstić information content (AvgIpc) is 3.17. The van der Waals surface area contributed by atoms with E-state index in [-0.39, 0.29) is 17.4 Å². The van der Waals surface area contributed by atoms with Gasteiger partial charge in [0.1, 0.15) is 23.6 Å². The summed E-state index contributed by atoms with van der Waals surface area (Å²) in [7, 11) is 0. The Kier molecular flexibility index (Phi) is 6.72. The summed E-state index contributed by atoms with van der Waals surface area (Å²) < 4.78 is 5.85. The Bertz CT molecular complexity index is 1180. The van der Waals surface area contributed by atoms with E-state index in [0.29, 0.717) is 35.9 Å². The van der Waals surface area contributed by atoms with E-state index in [0.717, 1.165) is 17.7 Å². The molecule has 0 bridgehead atoms. The molecular weight excluding hydrogens is 426 g/mol. The summed E-state index contributed by atoms with van der Waals surface area (Å²) in [5.41, 5.74) is 1.66. The molecule has 1 aromatic heterocycles. The summed E-state index contributed by atoms with van der Waals surface area (Å²) >= 11 is 0. The highest BCUT2D eigenvalue weighted by molar-refractivity contribution is 6.13. The van der Waals surface area contributed by atoms with Gasteiger partial charge in [-0.3, -0.25) is 10.2 Å². The largest absolute Gasteiger partial charge is 0.457 e. The van der Waals surface area contributed by atoms with Crippen LogP contribution in [0.3, 0.4) is 0 Å². The number of nitrogens with zero attached hydrogens (tertiary/aromatic N) is 3. The molecule has 34 heavy (non-hydrogen) atoms. The topological polar surface area (TPSA) is 91.2 Å². The van der Waals surface area contributed by atoms with Gasteiger partial charge in [0, 0.05) is 30.9 Å². The first-order valence-electron chi connectivity index (χ1n) is 11.3. The van der Waals surface area contributed by atoms with Crippen LogP contribution in [0.15, 0.2) is 79.8 Å². The fraction of sp³-hybridized carbons (Fsp3) is 0.259. The van der Waals surface area contributed by atoms with E-state index in [1.807, 2.05) is 59.5 Å². The van der Waals surface area contributed by atoms with Crippen LogP contribution in [0.4, 0.5) is 5.82 Å². The van der Waals surface area contributed by atoms with Crippen molar-refractivity contribution >= 4 is 17.4 Å². The Morgan fingerprint density at radius 2 is 1.91 bits per heavy atom. The molecule has 0 spiro atoms. The Balaban J connectivity index is 1.47. The van der Waals surface area contributed by atoms with Crippen molar-refractivity contribution in [1.82, 2.24) is 14.9 Å². The third kappa shape index (κ3) is 5.31. The standard InChI is InChI=1S/C27H29N5O2/c1-4-24(33)32-17-27(2,3)14-20(32)15-30-26-23(16-29-18-31-26)25(28)19-10-12-22(13-11-19)34-21-8-6-5-7-9-21/h4-13,16,18,20,28H,1,14-15,17H2,2-3H3,(H,29,30,31)/t20-/m0/s1. The first kappa shape index (κ1) is 23.2. The number of benzene rings is 2. The van der Waals surface area contributed by atoms with E-state index in [1.165, 1.54) is 12.4 Å². The van der Waals surface area contributed by atoms with Crippen LogP contribution in [0.5, 0.6) is 11.5 Å². The number of anilines is 1. The van der Waals surface area contributed by atoms with Crippen LogP contribution in [0.25, 0.3) is 0 Å². The van der Waals surface area contributed by atoms with Crippen LogP contribution in [0.2, 0.25) is 0 Å². The first-order chi connectivity index (χ1) is 16.4. The highest BCUT2D eigenvalue weighted by atomic mass is 16.5. The van der Waals surface area contributed by atoms with Crippen LogP contribution in [-0.4, -0.2) is 45.6 Å². The number of para-hydroxylation sites is 1. The van der Waals surface area contributed by atoms with Gasteiger partial charge >= 0.3 is 0 Å². The minimum absolute atomic E-state index is 0.0203. The van der Waals surface area contributed by atoms with Crippen LogP contribution >= 0.6 is 0 Å². The normalized spacial score (nSPS) is 16.6. The molecule has 7 heteroatoms. The maximum atomic E-state index is 12.3. The van der Waals surface area contributed by atoms with Gasteiger partial charge in [-0.15, -0.1) is 0 Å². The van der Waals surface area contributed by atoms with Gasteiger partial charge < -0.3 is 15.0 Å². The van der Waals surface area contributed by atoms with E-state index < -0.39 is 0 Å². The van der Waals surface area contributed by atoms with Gasteiger partial charge in [-0.1, -0.05) is 38.6 Å². The van der Waals surface area contributed by atoms with Crippen molar-refractivity contribution in [3.8, 4) is 11.5 Å². The third-order valence-electron chi connectivity index (χ3n) is 5.89. The predicted molar refractivity (Wildman–Crippen MR) is 134 cm³/mol. The van der Waals surface area contributed by atoms with Crippen molar-refractivity contribution in [1.29, 1.82) is 5.41 Å². The van der Waals surface area contributed by atoms with Gasteiger partial charge in [0.15, 0.2) is 0 Å². The van der Waals surface area contributed by atoms with E-state index in [9.17, 15) is 4.79 Å². The van der Waals surface area contributed by atoms with Crippen molar-refractivity contribution in [3.63, 3.8) is 0 Å². The molecular formula is C27H29N5O2. The number of carbonyl (C=O) groups excluding carboxylic acids is 1. The molecule has 174 valence electrons. The molecule has 1 amide bonds. The van der Waals surface area contributed by atoms with Crippen LogP contribution in [0.1, 0.15) is 31.4 Å². The highest BCUT2D eigenvalue weighted by Gasteiger charge is 2.39. The van der Waals surface area contributed by atoms with Gasteiger partial charge in [-0.2, -0.15) is 0 Å². The molecule has 0 saturated carbocycles. The smallest absolute Gasteiger partial charge is 0.246 e. The molecule has 2 aromatic carbocycles. The molecule has 1 aliphatic rings. The average molecular weight is 456 g/mol. The zero-order chi connectivity index (χ0) is 24.1. The van der Waals surface area contributed by atoms with Gasteiger partial charge in [0.25, 0.3) is 0 Å². The number of aromatic nitrogens is 2. The Hall–Kier alpha value is -4.00. The molecule has 1 fully saturated rings. The van der Waals surface area contributed by atoms with E-state index in [2.05, 4.69) is 35.7 Å². The monoisotopic (exact) mass is 455 g/mol. The lowest BCUT2D eigenvalue weighted by Gasteiger charge is -2.24. The number of amides is 1. The molecule has 0 radical (unpaired) electrons. The molecule has 1 aliphatic heterocycles. The van der Waals surface area contributed by atoms with Gasteiger partial charge in [-0.25, -0.2) is 9.97 Å². The van der Waals surface area contributed by atoms with Crippen molar-refractivity contribution in [2.75, 3.05) is 18.4 Å². The fourth-order valence-corrected chi connectivity index (χ4v) is 4.30. The summed E-state index contributed by atoms with van der Waals surface area (Å²) in [5, 5.41) is 12.1. The lowest BCUT2D eigenvalue weighted by Crippen LogP contribution is -2.39. The second-order valence-corrected chi connectivity index (χ2v) is 9.17. The number of ether oxygens (including phenoxy) is 1. The molecule has 1 atom stereocenters. The predicted octanol–water partition coefficient (Wildman–Crippen LogP) is 4.91. The summed E-state index contributed by atoms with van der Waals surface area (Å²) in [4.78, 5) is 22.7. The lowest BCUT2D eigenvalue weighted by molar-refractivity contribution is -0.126. The number of likely N-dealkylation sites (tertiary alicyclic amines) is 1. The van der Waals surface area contributed by atoms with Gasteiger partial charge in [0.05, 0.1) is 11.3 Å². The summed E-state index contributed by atoms with van der Waals surface area (Å²) in [6, 6.07) is 17.0. The van der Waals surface area contributed by atoms with E-state index in [1.54, 1.807) is 6.20 Å². The first-order valence-corrected chi connectivity index (χ1v) is 11.3. The number of rotatable bonds is 8. The van der Waals surface area contributed by atoms with E-state index in [4.69, 9.17) is 10.1 Å². The Labute approximate surface area is 200 Å². The van der Waals surface area contributed by atoms with Gasteiger partial charge in [0.2, 0.25) is 5.91 Å². The quantitative estimate of drug-likeness (QED) is 0.372. The van der Waals surface area contributed by atoms with Crippen molar-refractivity contribution < 1.29 is 9.53 Å². The SMILES string of the molecule is C=CC(=O)N1CC(C)(C)C[C@H]1CNc1ncncc1C(=N)c1ccc(Oc2ccccc2)cc1. The zero-order valence-corrected chi connectivity index (χ0v) is 19.5. The second-order valence-electron chi connectivity index (χ2n) is 9.17. The van der Waals surface area contributed by atoms with E-state index >= 15 is 0 Å². The third-order valence-corrected chi connectivity index (χ3v) is 5.89. The van der Waals surface area contributed by atoms with Crippen molar-refractivity contribution in [2.45, 2.75) is 26.3 Å². The van der Waals surface area contributed by atoms with Crippen LogP contribution in [0, 0.1) is 10.8 Å². The lowest BCUT2D eigenvalue weighted by atomic mass is 9.90. The molecule has 2 N–H and O–H groups in total. The van der Waals surface area contributed by atoms with Crippen molar-refractivity contribution in [3.05, 3.63) is 90.9 Å². The molecule has 4 rings (SSSR count). The maximum absolute atomic E-state index is 12.3. The molecule has 2 heterocycles. The number of hydrogen-bond acceptors (Lipinski definition) is 6. The Morgan fingerprint density at radius 1 is 1.21 bits per heavy atom. The number of hydrogen-bond donors (Lipinski definition) is 2. The molecule has 0 unspecified atom stereocenters. The molecule has 1 saturated heterocycles. The molecule has 3 aromatic rings. The van der Waals surface area contributed by atoms with Gasteiger partial charge in [-0.05, 0) is 54.3 Å². The Morgan fingerprint density at radius 3 is 2.62 bits per heavy atom. The maximum Gasteiger partial charge on any atom is 0.246 e. The summed E-state index contributed by atoms with van der Waals surface area (Å²) in [5.74, 6) is 1.96. The van der Waals surface area contributed by atoms with Crippen LogP contribution in [-0.2, 0) is 4.79 Å². The molecule has 7 nitrogen and oxygen atoms in total. The minimum Gasteiger partial charge on any atom is -0.457 e. The second kappa shape index (κ2) is 9.87. The highest BCUT2D eigenvalue weighted by Crippen LogP contribution is 2.34. The van der Waals surface area contributed by atoms with Crippen LogP contribution < -0.4 is 10.1 Å². The zero-order valence-electron chi connectivity index (χ0n) is 19.5. The summed E-state index contributed by atoms with van der Waals surface area (Å²) in [6.45, 7) is 9.18. The minimum atomic E-state index is -0.0640. The summed E-state index contributed by atoms with van der Waals surface area (Å²) in [6.07, 6.45) is 5.34. The van der Waals surface area contributed by atoms with Crippen molar-refractivity contribution in [2.24, 2.45) is 5.41 Å². The molecule has 0 aliphatic carbocycles. The fourth-order valence-electron chi connectivity index (χ4n) is 4.30. The number of carbonyl (C=O) groups is 1. The number of nitrogens with one attached hydrogen (secondary N) is 2.